The van der Waals surface area contributed by atoms with Crippen molar-refractivity contribution in [3.63, 3.8) is 0 Å². The molecule has 6 nitrogen and oxygen atoms in total. The Morgan fingerprint density at radius 3 is 2.54 bits per heavy atom. The minimum Gasteiger partial charge on any atom is -0.546 e. The minimum absolute atomic E-state index is 0.213. The van der Waals surface area contributed by atoms with Crippen LogP contribution in [0.3, 0.4) is 0 Å². The number of benzene rings is 3. The molecule has 0 bridgehead atoms. The number of carboxylic acid groups (broad SMARTS) is 1. The molecular weight excluding hydrogens is 356 g/mol. The Kier molecular flexibility index (Phi) is 6.01. The van der Waals surface area contributed by atoms with Gasteiger partial charge in [-0.05, 0) is 53.1 Å². The number of amides is 1. The van der Waals surface area contributed by atoms with Crippen LogP contribution < -0.4 is 15.3 Å². The molecule has 1 amide bonds. The van der Waals surface area contributed by atoms with E-state index >= 15 is 0 Å². The Morgan fingerprint density at radius 1 is 1.07 bits per heavy atom. The van der Waals surface area contributed by atoms with E-state index in [4.69, 9.17) is 4.74 Å². The number of aliphatic carboxylic acids is 1. The summed E-state index contributed by atoms with van der Waals surface area (Å²) in [5.41, 5.74) is 4.19. The van der Waals surface area contributed by atoms with Gasteiger partial charge in [-0.3, -0.25) is 4.79 Å². The minimum atomic E-state index is -1.28. The van der Waals surface area contributed by atoms with Crippen molar-refractivity contribution in [2.45, 2.75) is 19.4 Å². The second-order valence-electron chi connectivity index (χ2n) is 6.26. The Bertz CT molecular complexity index is 1010. The molecule has 1 N–H and O–H groups in total. The number of carboxylic acids is 1. The number of ether oxygens (including phenoxy) is 1. The first kappa shape index (κ1) is 19.1. The van der Waals surface area contributed by atoms with Crippen molar-refractivity contribution in [1.29, 1.82) is 0 Å². The molecule has 0 aliphatic rings. The molecule has 0 spiro atoms. The zero-order chi connectivity index (χ0) is 19.9. The van der Waals surface area contributed by atoms with Gasteiger partial charge in [0.25, 0.3) is 0 Å². The van der Waals surface area contributed by atoms with Crippen LogP contribution in [0.4, 0.5) is 0 Å². The lowest BCUT2D eigenvalue weighted by molar-refractivity contribution is -0.312. The summed E-state index contributed by atoms with van der Waals surface area (Å²) in [7, 11) is 0. The molecule has 0 unspecified atom stereocenters. The Balaban J connectivity index is 1.57. The second-order valence-corrected chi connectivity index (χ2v) is 6.26. The molecule has 0 aromatic heterocycles. The van der Waals surface area contributed by atoms with E-state index in [0.717, 1.165) is 21.9 Å². The maximum atomic E-state index is 12.2. The van der Waals surface area contributed by atoms with Crippen molar-refractivity contribution in [3.05, 3.63) is 77.9 Å². The summed E-state index contributed by atoms with van der Waals surface area (Å²) in [4.78, 5) is 22.9. The molecule has 0 fully saturated rings. The number of nitrogens with one attached hydrogen (secondary N) is 1. The molecule has 0 aliphatic carbocycles. The van der Waals surface area contributed by atoms with Gasteiger partial charge in [0.2, 0.25) is 5.91 Å². The molecule has 0 saturated carbocycles. The van der Waals surface area contributed by atoms with E-state index in [9.17, 15) is 14.7 Å². The van der Waals surface area contributed by atoms with Crippen LogP contribution >= 0.6 is 0 Å². The monoisotopic (exact) mass is 375 g/mol. The molecule has 3 rings (SSSR count). The predicted molar refractivity (Wildman–Crippen MR) is 105 cm³/mol. The van der Waals surface area contributed by atoms with E-state index in [1.807, 2.05) is 42.5 Å². The number of fused-ring (bicyclic) bond motifs is 1. The van der Waals surface area contributed by atoms with E-state index in [2.05, 4.69) is 10.5 Å². The lowest BCUT2D eigenvalue weighted by atomic mass is 10.0. The lowest BCUT2D eigenvalue weighted by Gasteiger charge is -2.15. The maximum Gasteiger partial charge on any atom is 0.244 e. The summed E-state index contributed by atoms with van der Waals surface area (Å²) in [5, 5.41) is 16.8. The molecule has 28 heavy (non-hydrogen) atoms. The summed E-state index contributed by atoms with van der Waals surface area (Å²) in [5.74, 6) is -1.08. The number of carbonyl (C=O) groups is 2. The number of hydrogen-bond donors (Lipinski definition) is 1. The molecule has 1 atom stereocenters. The van der Waals surface area contributed by atoms with Crippen molar-refractivity contribution < 1.29 is 19.4 Å². The smallest absolute Gasteiger partial charge is 0.244 e. The largest absolute Gasteiger partial charge is 0.546 e. The van der Waals surface area contributed by atoms with Gasteiger partial charge in [0.05, 0.1) is 18.6 Å². The second kappa shape index (κ2) is 8.81. The van der Waals surface area contributed by atoms with Crippen LogP contribution in [0.1, 0.15) is 18.1 Å². The molecule has 0 saturated heterocycles. The van der Waals surface area contributed by atoms with E-state index < -0.39 is 12.1 Å². The number of carbonyl (C=O) groups excluding carboxylic acids is 2. The highest BCUT2D eigenvalue weighted by molar-refractivity contribution is 5.90. The highest BCUT2D eigenvalue weighted by Gasteiger charge is 2.06. The van der Waals surface area contributed by atoms with Gasteiger partial charge in [-0.2, -0.15) is 5.10 Å². The molecular formula is C22H19N2O4-. The molecule has 0 radical (unpaired) electrons. The van der Waals surface area contributed by atoms with E-state index in [0.29, 0.717) is 5.75 Å². The van der Waals surface area contributed by atoms with Crippen molar-refractivity contribution in [3.8, 4) is 5.75 Å². The average molecular weight is 375 g/mol. The molecule has 0 heterocycles. The zero-order valence-electron chi connectivity index (χ0n) is 15.3. The Hall–Kier alpha value is -3.67. The normalized spacial score (nSPS) is 12.0. The van der Waals surface area contributed by atoms with Gasteiger partial charge in [0.1, 0.15) is 11.9 Å². The Labute approximate surface area is 162 Å². The highest BCUT2D eigenvalue weighted by atomic mass is 16.5. The quantitative estimate of drug-likeness (QED) is 0.505. The standard InChI is InChI=1S/C22H20N2O4/c1-15(22(26)27)28-19-11-9-16(10-12-19)14-23-24-21(25)13-18-7-4-6-17-5-2-3-8-20(17)18/h2-12,14-15H,13H2,1H3,(H,24,25)(H,26,27)/p-1/b23-14-/t15-/m1/s1. The SMILES string of the molecule is C[C@@H](Oc1ccc(/C=N\NC(=O)Cc2cccc3ccccc23)cc1)C(=O)[O-]. The summed E-state index contributed by atoms with van der Waals surface area (Å²) < 4.78 is 5.20. The predicted octanol–water partition coefficient (Wildman–Crippen LogP) is 2.05. The van der Waals surface area contributed by atoms with Crippen LogP contribution in [0.15, 0.2) is 71.8 Å². The van der Waals surface area contributed by atoms with Crippen LogP contribution in [0.5, 0.6) is 5.75 Å². The first-order chi connectivity index (χ1) is 13.5. The summed E-state index contributed by atoms with van der Waals surface area (Å²) in [6, 6.07) is 20.4. The third-order valence-corrected chi connectivity index (χ3v) is 4.16. The van der Waals surface area contributed by atoms with Crippen molar-refractivity contribution in [2.24, 2.45) is 5.10 Å². The summed E-state index contributed by atoms with van der Waals surface area (Å²) in [6.45, 7) is 1.40. The topological polar surface area (TPSA) is 90.8 Å². The van der Waals surface area contributed by atoms with Crippen molar-refractivity contribution >= 4 is 28.9 Å². The molecule has 3 aromatic rings. The van der Waals surface area contributed by atoms with Crippen molar-refractivity contribution in [2.75, 3.05) is 0 Å². The molecule has 0 aliphatic heterocycles. The van der Waals surface area contributed by atoms with E-state index in [1.165, 1.54) is 13.1 Å². The van der Waals surface area contributed by atoms with Gasteiger partial charge in [-0.1, -0.05) is 42.5 Å². The van der Waals surface area contributed by atoms with Gasteiger partial charge >= 0.3 is 0 Å². The average Bonchev–Trinajstić information content (AvgIpc) is 2.69. The fraction of sp³-hybridized carbons (Fsp3) is 0.136. The zero-order valence-corrected chi connectivity index (χ0v) is 15.3. The fourth-order valence-corrected chi connectivity index (χ4v) is 2.72. The van der Waals surface area contributed by atoms with Gasteiger partial charge in [-0.25, -0.2) is 5.43 Å². The van der Waals surface area contributed by atoms with Crippen molar-refractivity contribution in [1.82, 2.24) is 5.43 Å². The van der Waals surface area contributed by atoms with E-state index in [-0.39, 0.29) is 12.3 Å². The third-order valence-electron chi connectivity index (χ3n) is 4.16. The number of hydrazone groups is 1. The third kappa shape index (κ3) is 4.94. The first-order valence-corrected chi connectivity index (χ1v) is 8.79. The summed E-state index contributed by atoms with van der Waals surface area (Å²) >= 11 is 0. The number of hydrogen-bond acceptors (Lipinski definition) is 5. The van der Waals surface area contributed by atoms with Gasteiger partial charge in [0, 0.05) is 0 Å². The lowest BCUT2D eigenvalue weighted by Crippen LogP contribution is -2.37. The first-order valence-electron chi connectivity index (χ1n) is 8.79. The number of rotatable bonds is 7. The van der Waals surface area contributed by atoms with Gasteiger partial charge in [0.15, 0.2) is 0 Å². The highest BCUT2D eigenvalue weighted by Crippen LogP contribution is 2.18. The van der Waals surface area contributed by atoms with Crippen LogP contribution in [0.25, 0.3) is 10.8 Å². The fourth-order valence-electron chi connectivity index (χ4n) is 2.72. The maximum absolute atomic E-state index is 12.2. The van der Waals surface area contributed by atoms with Crippen LogP contribution in [0, 0.1) is 0 Å². The van der Waals surface area contributed by atoms with Crippen LogP contribution in [-0.4, -0.2) is 24.2 Å². The number of nitrogens with zero attached hydrogens (tertiary/aromatic N) is 1. The molecule has 6 heteroatoms. The summed E-state index contributed by atoms with van der Waals surface area (Å²) in [6.07, 6.45) is 0.701. The molecule has 142 valence electrons. The van der Waals surface area contributed by atoms with E-state index in [1.54, 1.807) is 24.3 Å². The molecule has 3 aromatic carbocycles. The van der Waals surface area contributed by atoms with Crippen LogP contribution in [-0.2, 0) is 16.0 Å². The van der Waals surface area contributed by atoms with Crippen LogP contribution in [0.2, 0.25) is 0 Å². The van der Waals surface area contributed by atoms with Gasteiger partial charge in [-0.15, -0.1) is 0 Å². The van der Waals surface area contributed by atoms with Gasteiger partial charge < -0.3 is 14.6 Å². The Morgan fingerprint density at radius 2 is 1.79 bits per heavy atom.